The molecular weight excluding hydrogens is 330 g/mol. The Labute approximate surface area is 151 Å². The zero-order valence-corrected chi connectivity index (χ0v) is 14.2. The van der Waals surface area contributed by atoms with Crippen molar-refractivity contribution in [2.75, 3.05) is 0 Å². The largest absolute Gasteiger partial charge is 0.480 e. The van der Waals surface area contributed by atoms with Gasteiger partial charge < -0.3 is 10.4 Å². The quantitative estimate of drug-likeness (QED) is 0.716. The molecule has 0 spiro atoms. The van der Waals surface area contributed by atoms with Gasteiger partial charge in [-0.1, -0.05) is 60.7 Å². The number of carboxylic acids is 1. The van der Waals surface area contributed by atoms with E-state index in [0.717, 1.165) is 11.1 Å². The van der Waals surface area contributed by atoms with E-state index < -0.39 is 23.8 Å². The van der Waals surface area contributed by atoms with Crippen molar-refractivity contribution in [3.05, 3.63) is 89.7 Å². The number of nitrogens with one attached hydrogen (secondary N) is 1. The Bertz CT molecular complexity index is 851. The molecule has 132 valence electrons. The number of nitrogens with zero attached hydrogens (tertiary/aromatic N) is 2. The van der Waals surface area contributed by atoms with Crippen molar-refractivity contribution in [3.8, 4) is 0 Å². The molecule has 0 aliphatic carbocycles. The number of aliphatic carboxylic acids is 1. The Kier molecular flexibility index (Phi) is 5.12. The lowest BCUT2D eigenvalue weighted by Gasteiger charge is -2.26. The molecule has 6 nitrogen and oxygen atoms in total. The van der Waals surface area contributed by atoms with Crippen molar-refractivity contribution in [1.29, 1.82) is 0 Å². The van der Waals surface area contributed by atoms with Crippen LogP contribution in [0.3, 0.4) is 0 Å². The van der Waals surface area contributed by atoms with Gasteiger partial charge in [0.25, 0.3) is 5.91 Å². The fourth-order valence-corrected chi connectivity index (χ4v) is 3.00. The highest BCUT2D eigenvalue weighted by molar-refractivity contribution is 5.95. The number of rotatable bonds is 6. The molecule has 0 unspecified atom stereocenters. The Balaban J connectivity index is 2.00. The first-order valence-corrected chi connectivity index (χ1v) is 8.19. The summed E-state index contributed by atoms with van der Waals surface area (Å²) in [6.07, 6.45) is 1.50. The molecule has 0 aliphatic heterocycles. The highest BCUT2D eigenvalue weighted by atomic mass is 16.4. The molecule has 1 aromatic heterocycles. The minimum absolute atomic E-state index is 0.302. The Morgan fingerprint density at radius 3 is 1.92 bits per heavy atom. The van der Waals surface area contributed by atoms with E-state index in [9.17, 15) is 14.7 Å². The van der Waals surface area contributed by atoms with Gasteiger partial charge in [-0.25, -0.2) is 4.79 Å². The molecule has 0 saturated carbocycles. The van der Waals surface area contributed by atoms with Crippen molar-refractivity contribution < 1.29 is 14.7 Å². The van der Waals surface area contributed by atoms with E-state index >= 15 is 0 Å². The molecular formula is C20H19N3O3. The summed E-state index contributed by atoms with van der Waals surface area (Å²) < 4.78 is 1.41. The Morgan fingerprint density at radius 1 is 0.962 bits per heavy atom. The van der Waals surface area contributed by atoms with Gasteiger partial charge in [0, 0.05) is 19.2 Å². The van der Waals surface area contributed by atoms with Crippen LogP contribution in [-0.2, 0) is 11.8 Å². The molecule has 1 amide bonds. The molecule has 26 heavy (non-hydrogen) atoms. The van der Waals surface area contributed by atoms with Crippen LogP contribution in [0.1, 0.15) is 27.5 Å². The molecule has 3 aromatic rings. The average molecular weight is 349 g/mol. The summed E-state index contributed by atoms with van der Waals surface area (Å²) in [4.78, 5) is 24.6. The van der Waals surface area contributed by atoms with Gasteiger partial charge in [-0.05, 0) is 17.2 Å². The number of aromatic nitrogens is 2. The molecule has 0 fully saturated rings. The highest BCUT2D eigenvalue weighted by Crippen LogP contribution is 2.28. The van der Waals surface area contributed by atoms with Gasteiger partial charge >= 0.3 is 5.97 Å². The van der Waals surface area contributed by atoms with Crippen molar-refractivity contribution in [1.82, 2.24) is 15.1 Å². The Morgan fingerprint density at radius 2 is 1.50 bits per heavy atom. The van der Waals surface area contributed by atoms with Crippen LogP contribution >= 0.6 is 0 Å². The number of carboxylic acid groups (broad SMARTS) is 1. The summed E-state index contributed by atoms with van der Waals surface area (Å²) in [5, 5.41) is 16.5. The van der Waals surface area contributed by atoms with Gasteiger partial charge in [-0.15, -0.1) is 0 Å². The normalized spacial score (nSPS) is 11.9. The number of aryl methyl sites for hydroxylation is 1. The molecule has 6 heteroatoms. The van der Waals surface area contributed by atoms with Crippen LogP contribution in [0.5, 0.6) is 0 Å². The van der Waals surface area contributed by atoms with Crippen molar-refractivity contribution in [3.63, 3.8) is 0 Å². The number of hydrogen-bond donors (Lipinski definition) is 2. The van der Waals surface area contributed by atoms with Gasteiger partial charge in [0.05, 0.1) is 0 Å². The van der Waals surface area contributed by atoms with Crippen LogP contribution < -0.4 is 5.32 Å². The van der Waals surface area contributed by atoms with Crippen LogP contribution in [-0.4, -0.2) is 32.8 Å². The molecule has 1 atom stereocenters. The summed E-state index contributed by atoms with van der Waals surface area (Å²) in [6.45, 7) is 0. The second kappa shape index (κ2) is 7.65. The highest BCUT2D eigenvalue weighted by Gasteiger charge is 2.33. The molecule has 0 saturated heterocycles. The molecule has 3 rings (SSSR count). The third-order valence-electron chi connectivity index (χ3n) is 4.26. The maximum Gasteiger partial charge on any atom is 0.327 e. The van der Waals surface area contributed by atoms with E-state index in [1.165, 1.54) is 10.9 Å². The molecule has 0 radical (unpaired) electrons. The predicted molar refractivity (Wildman–Crippen MR) is 96.8 cm³/mol. The Hall–Kier alpha value is -3.41. The second-order valence-electron chi connectivity index (χ2n) is 5.93. The molecule has 0 aliphatic rings. The van der Waals surface area contributed by atoms with Gasteiger partial charge in [0.1, 0.15) is 11.7 Å². The number of amides is 1. The van der Waals surface area contributed by atoms with Crippen molar-refractivity contribution >= 4 is 11.9 Å². The van der Waals surface area contributed by atoms with E-state index in [0.29, 0.717) is 5.69 Å². The first kappa shape index (κ1) is 17.4. The van der Waals surface area contributed by atoms with E-state index in [4.69, 9.17) is 0 Å². The van der Waals surface area contributed by atoms with E-state index in [1.54, 1.807) is 13.1 Å². The topological polar surface area (TPSA) is 84.2 Å². The van der Waals surface area contributed by atoms with Gasteiger partial charge in [0.2, 0.25) is 0 Å². The fourth-order valence-electron chi connectivity index (χ4n) is 3.00. The van der Waals surface area contributed by atoms with Crippen LogP contribution in [0.25, 0.3) is 0 Å². The zero-order chi connectivity index (χ0) is 18.5. The molecule has 1 heterocycles. The van der Waals surface area contributed by atoms with Crippen LogP contribution in [0.2, 0.25) is 0 Å². The summed E-state index contributed by atoms with van der Waals surface area (Å²) in [5.41, 5.74) is 1.93. The third kappa shape index (κ3) is 3.64. The lowest BCUT2D eigenvalue weighted by Crippen LogP contribution is -2.45. The predicted octanol–water partition coefficient (Wildman–Crippen LogP) is 2.44. The average Bonchev–Trinajstić information content (AvgIpc) is 3.09. The SMILES string of the molecule is Cn1nccc1C(=O)N[C@H](C(=O)O)C(c1ccccc1)c1ccccc1. The number of hydrogen-bond acceptors (Lipinski definition) is 3. The van der Waals surface area contributed by atoms with Crippen LogP contribution in [0, 0.1) is 0 Å². The van der Waals surface area contributed by atoms with E-state index in [1.807, 2.05) is 60.7 Å². The minimum atomic E-state index is -1.12. The molecule has 2 aromatic carbocycles. The minimum Gasteiger partial charge on any atom is -0.480 e. The molecule has 2 N–H and O–H groups in total. The van der Waals surface area contributed by atoms with Gasteiger partial charge in [-0.3, -0.25) is 9.48 Å². The number of benzene rings is 2. The third-order valence-corrected chi connectivity index (χ3v) is 4.26. The first-order chi connectivity index (χ1) is 12.6. The summed E-state index contributed by atoms with van der Waals surface area (Å²) in [5.74, 6) is -2.10. The smallest absolute Gasteiger partial charge is 0.327 e. The van der Waals surface area contributed by atoms with Crippen molar-refractivity contribution in [2.24, 2.45) is 7.05 Å². The van der Waals surface area contributed by atoms with Crippen LogP contribution in [0.4, 0.5) is 0 Å². The lowest BCUT2D eigenvalue weighted by atomic mass is 9.85. The standard InChI is InChI=1S/C20H19N3O3/c1-23-16(12-13-21-23)19(24)22-18(20(25)26)17(14-8-4-2-5-9-14)15-10-6-3-7-11-15/h2-13,17-18H,1H3,(H,22,24)(H,25,26)/t18-/m0/s1. The van der Waals surface area contributed by atoms with Crippen molar-refractivity contribution in [2.45, 2.75) is 12.0 Å². The summed E-state index contributed by atoms with van der Waals surface area (Å²) in [6, 6.07) is 19.0. The zero-order valence-electron chi connectivity index (χ0n) is 14.2. The second-order valence-corrected chi connectivity index (χ2v) is 5.93. The van der Waals surface area contributed by atoms with Gasteiger partial charge in [0.15, 0.2) is 0 Å². The first-order valence-electron chi connectivity index (χ1n) is 8.19. The maximum absolute atomic E-state index is 12.6. The van der Waals surface area contributed by atoms with E-state index in [-0.39, 0.29) is 0 Å². The number of carbonyl (C=O) groups is 2. The summed E-state index contributed by atoms with van der Waals surface area (Å²) in [7, 11) is 1.64. The monoisotopic (exact) mass is 349 g/mol. The summed E-state index contributed by atoms with van der Waals surface area (Å²) >= 11 is 0. The maximum atomic E-state index is 12.6. The lowest BCUT2D eigenvalue weighted by molar-refractivity contribution is -0.139. The number of carbonyl (C=O) groups excluding carboxylic acids is 1. The van der Waals surface area contributed by atoms with E-state index in [2.05, 4.69) is 10.4 Å². The van der Waals surface area contributed by atoms with Gasteiger partial charge in [-0.2, -0.15) is 5.10 Å². The van der Waals surface area contributed by atoms with Crippen LogP contribution in [0.15, 0.2) is 72.9 Å². The molecule has 0 bridgehead atoms. The fraction of sp³-hybridized carbons (Fsp3) is 0.150.